The highest BCUT2D eigenvalue weighted by Crippen LogP contribution is 2.45. The molecule has 0 aliphatic carbocycles. The van der Waals surface area contributed by atoms with Crippen LogP contribution in [0.25, 0.3) is 0 Å². The van der Waals surface area contributed by atoms with Gasteiger partial charge in [-0.2, -0.15) is 18.2 Å². The normalized spacial score (nSPS) is 25.3. The summed E-state index contributed by atoms with van der Waals surface area (Å²) < 4.78 is 56.3. The highest BCUT2D eigenvalue weighted by molar-refractivity contribution is 5.74. The van der Waals surface area contributed by atoms with Crippen LogP contribution in [0.4, 0.5) is 17.6 Å². The zero-order valence-electron chi connectivity index (χ0n) is 15.0. The molecule has 3 heterocycles. The maximum Gasteiger partial charge on any atom is 0.455 e. The van der Waals surface area contributed by atoms with Crippen LogP contribution in [0.2, 0.25) is 0 Å². The second-order valence-corrected chi connectivity index (χ2v) is 7.30. The molecule has 2 aliphatic heterocycles. The van der Waals surface area contributed by atoms with Crippen molar-refractivity contribution >= 4 is 5.91 Å². The van der Waals surface area contributed by atoms with Crippen molar-refractivity contribution in [1.29, 1.82) is 0 Å². The van der Waals surface area contributed by atoms with E-state index in [0.717, 1.165) is 5.56 Å². The Morgan fingerprint density at radius 3 is 2.71 bits per heavy atom. The molecule has 1 amide bonds. The number of hydrogen-bond donors (Lipinski definition) is 0. The van der Waals surface area contributed by atoms with Crippen molar-refractivity contribution in [1.82, 2.24) is 19.9 Å². The summed E-state index contributed by atoms with van der Waals surface area (Å²) in [5, 5.41) is 2.98. The maximum atomic E-state index is 13.7. The Morgan fingerprint density at radius 2 is 2.07 bits per heavy atom. The van der Waals surface area contributed by atoms with Crippen LogP contribution in [0.15, 0.2) is 28.8 Å². The van der Waals surface area contributed by atoms with Gasteiger partial charge >= 0.3 is 6.18 Å². The van der Waals surface area contributed by atoms with Crippen molar-refractivity contribution in [3.8, 4) is 0 Å². The quantitative estimate of drug-likeness (QED) is 0.744. The average Bonchev–Trinajstić information content (AvgIpc) is 3.28. The number of hydrogen-bond acceptors (Lipinski definition) is 5. The second kappa shape index (κ2) is 6.84. The molecule has 150 valence electrons. The Labute approximate surface area is 158 Å². The lowest BCUT2D eigenvalue weighted by Crippen LogP contribution is -2.34. The summed E-state index contributed by atoms with van der Waals surface area (Å²) >= 11 is 0. The van der Waals surface area contributed by atoms with Gasteiger partial charge in [0, 0.05) is 32.5 Å². The van der Waals surface area contributed by atoms with E-state index < -0.39 is 12.0 Å². The van der Waals surface area contributed by atoms with Gasteiger partial charge < -0.3 is 9.42 Å². The van der Waals surface area contributed by atoms with E-state index in [4.69, 9.17) is 4.52 Å². The van der Waals surface area contributed by atoms with Crippen LogP contribution in [0.5, 0.6) is 0 Å². The zero-order valence-corrected chi connectivity index (χ0v) is 15.0. The molecule has 2 fully saturated rings. The minimum Gasteiger partial charge on any atom is -0.338 e. The van der Waals surface area contributed by atoms with Gasteiger partial charge in [0.2, 0.25) is 11.8 Å². The predicted octanol–water partition coefficient (Wildman–Crippen LogP) is 2.88. The largest absolute Gasteiger partial charge is 0.455 e. The summed E-state index contributed by atoms with van der Waals surface area (Å²) in [5.74, 6) is -1.65. The minimum atomic E-state index is -4.65. The van der Waals surface area contributed by atoms with Crippen molar-refractivity contribution in [3.05, 3.63) is 47.4 Å². The molecule has 0 bridgehead atoms. The summed E-state index contributed by atoms with van der Waals surface area (Å²) in [6.07, 6.45) is -4.65. The summed E-state index contributed by atoms with van der Waals surface area (Å²) in [7, 11) is 0. The standard InChI is InChI=1S/C18H18F4N4O2/c1-10(27)26-7-12-6-25(9-15-23-17(24-28-15)18(20,21)22)8-14(12)16(26)11-3-2-4-13(19)5-11/h2-5,12,14,16H,6-9H2,1H3/t12-,14-,16+/m1/s1. The number of halogens is 4. The highest BCUT2D eigenvalue weighted by atomic mass is 19.4. The molecule has 1 aromatic heterocycles. The monoisotopic (exact) mass is 398 g/mol. The molecule has 0 radical (unpaired) electrons. The minimum absolute atomic E-state index is 0.0516. The van der Waals surface area contributed by atoms with Crippen molar-refractivity contribution in [2.24, 2.45) is 11.8 Å². The zero-order chi connectivity index (χ0) is 20.1. The van der Waals surface area contributed by atoms with E-state index >= 15 is 0 Å². The average molecular weight is 398 g/mol. The van der Waals surface area contributed by atoms with Gasteiger partial charge in [-0.1, -0.05) is 17.3 Å². The molecule has 10 heteroatoms. The second-order valence-electron chi connectivity index (χ2n) is 7.30. The van der Waals surface area contributed by atoms with E-state index in [2.05, 4.69) is 10.1 Å². The topological polar surface area (TPSA) is 62.5 Å². The summed E-state index contributed by atoms with van der Waals surface area (Å²) in [5.41, 5.74) is 0.724. The summed E-state index contributed by atoms with van der Waals surface area (Å²) in [6.45, 7) is 3.24. The summed E-state index contributed by atoms with van der Waals surface area (Å²) in [4.78, 5) is 19.2. The lowest BCUT2D eigenvalue weighted by atomic mass is 9.89. The SMILES string of the molecule is CC(=O)N1C[C@H]2CN(Cc3nc(C(F)(F)F)no3)C[C@H]2[C@@H]1c1cccc(F)c1. The Kier molecular flexibility index (Phi) is 4.60. The van der Waals surface area contributed by atoms with E-state index in [1.165, 1.54) is 19.1 Å². The number of amides is 1. The van der Waals surface area contributed by atoms with E-state index in [9.17, 15) is 22.4 Å². The van der Waals surface area contributed by atoms with Crippen LogP contribution in [-0.2, 0) is 17.5 Å². The Balaban J connectivity index is 1.51. The Morgan fingerprint density at radius 1 is 1.29 bits per heavy atom. The molecule has 28 heavy (non-hydrogen) atoms. The van der Waals surface area contributed by atoms with E-state index in [-0.39, 0.29) is 42.0 Å². The fraction of sp³-hybridized carbons (Fsp3) is 0.500. The first-order valence-corrected chi connectivity index (χ1v) is 8.87. The number of carbonyl (C=O) groups is 1. The van der Waals surface area contributed by atoms with Gasteiger partial charge in [0.25, 0.3) is 5.82 Å². The fourth-order valence-electron chi connectivity index (χ4n) is 4.33. The number of aromatic nitrogens is 2. The van der Waals surface area contributed by atoms with Crippen LogP contribution < -0.4 is 0 Å². The van der Waals surface area contributed by atoms with Gasteiger partial charge in [-0.05, 0) is 23.6 Å². The third-order valence-electron chi connectivity index (χ3n) is 5.41. The number of likely N-dealkylation sites (tertiary alicyclic amines) is 2. The highest BCUT2D eigenvalue weighted by Gasteiger charge is 2.48. The van der Waals surface area contributed by atoms with Crippen LogP contribution in [-0.4, -0.2) is 45.5 Å². The molecule has 2 aromatic rings. The molecule has 0 unspecified atom stereocenters. The van der Waals surface area contributed by atoms with Gasteiger partial charge in [0.15, 0.2) is 0 Å². The molecule has 0 N–H and O–H groups in total. The van der Waals surface area contributed by atoms with Gasteiger partial charge in [-0.3, -0.25) is 9.69 Å². The number of carbonyl (C=O) groups excluding carboxylic acids is 1. The number of nitrogens with zero attached hydrogens (tertiary/aromatic N) is 4. The number of alkyl halides is 3. The first kappa shape index (κ1) is 18.9. The van der Waals surface area contributed by atoms with Gasteiger partial charge in [-0.25, -0.2) is 4.39 Å². The van der Waals surface area contributed by atoms with Crippen molar-refractivity contribution < 1.29 is 26.9 Å². The molecule has 2 aliphatic rings. The number of benzene rings is 1. The van der Waals surface area contributed by atoms with Crippen LogP contribution in [0.3, 0.4) is 0 Å². The third-order valence-corrected chi connectivity index (χ3v) is 5.41. The Bertz CT molecular complexity index is 884. The number of fused-ring (bicyclic) bond motifs is 1. The lowest BCUT2D eigenvalue weighted by Gasteiger charge is -2.29. The molecule has 4 rings (SSSR count). The van der Waals surface area contributed by atoms with Crippen molar-refractivity contribution in [2.45, 2.75) is 25.7 Å². The summed E-state index contributed by atoms with van der Waals surface area (Å²) in [6, 6.07) is 5.92. The van der Waals surface area contributed by atoms with Crippen LogP contribution in [0.1, 0.15) is 30.2 Å². The van der Waals surface area contributed by atoms with Crippen molar-refractivity contribution in [3.63, 3.8) is 0 Å². The smallest absolute Gasteiger partial charge is 0.338 e. The van der Waals surface area contributed by atoms with Gasteiger partial charge in [0.1, 0.15) is 5.82 Å². The molecular weight excluding hydrogens is 380 g/mol. The van der Waals surface area contributed by atoms with Crippen LogP contribution in [0, 0.1) is 17.7 Å². The molecule has 0 saturated carbocycles. The first-order chi connectivity index (χ1) is 13.2. The van der Waals surface area contributed by atoms with Gasteiger partial charge in [0.05, 0.1) is 12.6 Å². The number of rotatable bonds is 3. The molecule has 0 spiro atoms. The van der Waals surface area contributed by atoms with E-state index in [1.807, 2.05) is 4.90 Å². The molecule has 1 aromatic carbocycles. The third kappa shape index (κ3) is 3.48. The predicted molar refractivity (Wildman–Crippen MR) is 88.1 cm³/mol. The van der Waals surface area contributed by atoms with Gasteiger partial charge in [-0.15, -0.1) is 0 Å². The maximum absolute atomic E-state index is 13.7. The molecule has 3 atom stereocenters. The van der Waals surface area contributed by atoms with E-state index in [1.54, 1.807) is 17.0 Å². The van der Waals surface area contributed by atoms with Crippen LogP contribution >= 0.6 is 0 Å². The van der Waals surface area contributed by atoms with E-state index in [0.29, 0.717) is 19.6 Å². The molecule has 2 saturated heterocycles. The van der Waals surface area contributed by atoms with Crippen molar-refractivity contribution in [2.75, 3.05) is 19.6 Å². The Hall–Kier alpha value is -2.49. The fourth-order valence-corrected chi connectivity index (χ4v) is 4.33. The molecule has 6 nitrogen and oxygen atoms in total. The first-order valence-electron chi connectivity index (χ1n) is 8.87. The molecular formula is C18H18F4N4O2. The lowest BCUT2D eigenvalue weighted by molar-refractivity contribution is -0.146.